The van der Waals surface area contributed by atoms with E-state index in [9.17, 15) is 9.59 Å². The van der Waals surface area contributed by atoms with E-state index >= 15 is 0 Å². The molecule has 3 aliphatic rings. The number of ketones is 1. The molecule has 0 saturated heterocycles. The van der Waals surface area contributed by atoms with Crippen LogP contribution in [0, 0.1) is 34.0 Å². The molecule has 0 aliphatic heterocycles. The van der Waals surface area contributed by atoms with Gasteiger partial charge in [-0.1, -0.05) is 41.5 Å². The maximum Gasteiger partial charge on any atom is 0.192 e. The monoisotopic (exact) mass is 464 g/mol. The molecular weight excluding hydrogens is 416 g/mol. The number of hydrogen-bond acceptors (Lipinski definition) is 4. The van der Waals surface area contributed by atoms with Crippen molar-refractivity contribution in [2.75, 3.05) is 7.11 Å². The summed E-state index contributed by atoms with van der Waals surface area (Å²) in [5.74, 6) is 1.11. The summed E-state index contributed by atoms with van der Waals surface area (Å²) >= 11 is 0. The largest absolute Gasteiger partial charge is 0.413 e. The lowest BCUT2D eigenvalue weighted by molar-refractivity contribution is -0.178. The summed E-state index contributed by atoms with van der Waals surface area (Å²) in [4.78, 5) is 26.3. The topological polar surface area (TPSA) is 52.6 Å². The lowest BCUT2D eigenvalue weighted by Crippen LogP contribution is -2.62. The Morgan fingerprint density at radius 2 is 1.66 bits per heavy atom. The maximum atomic E-state index is 14.3. The van der Waals surface area contributed by atoms with E-state index in [1.54, 1.807) is 0 Å². The number of rotatable bonds is 8. The van der Waals surface area contributed by atoms with Crippen LogP contribution in [0.25, 0.3) is 0 Å². The molecule has 3 rings (SSSR count). The van der Waals surface area contributed by atoms with Crippen LogP contribution < -0.4 is 0 Å². The zero-order valence-electron chi connectivity index (χ0n) is 22.0. The zero-order chi connectivity index (χ0) is 23.9. The second kappa shape index (κ2) is 9.26. The summed E-state index contributed by atoms with van der Waals surface area (Å²) in [6.45, 7) is 15.8. The molecule has 0 aromatic heterocycles. The van der Waals surface area contributed by atoms with E-state index in [0.717, 1.165) is 56.5 Å². The highest BCUT2D eigenvalue weighted by molar-refractivity contribution is 6.73. The van der Waals surface area contributed by atoms with Crippen LogP contribution in [0.2, 0.25) is 18.1 Å². The van der Waals surface area contributed by atoms with Crippen LogP contribution in [-0.2, 0) is 18.8 Å². The van der Waals surface area contributed by atoms with Gasteiger partial charge in [0.05, 0.1) is 17.6 Å². The molecule has 4 nitrogen and oxygen atoms in total. The average molecular weight is 465 g/mol. The molecule has 2 bridgehead atoms. The number of hydrogen-bond donors (Lipinski definition) is 0. The fourth-order valence-corrected chi connectivity index (χ4v) is 11.2. The van der Waals surface area contributed by atoms with Crippen molar-refractivity contribution in [3.05, 3.63) is 0 Å². The molecule has 0 amide bonds. The van der Waals surface area contributed by atoms with E-state index in [1.165, 1.54) is 0 Å². The van der Waals surface area contributed by atoms with Crippen molar-refractivity contribution in [2.45, 2.75) is 117 Å². The first-order valence-corrected chi connectivity index (χ1v) is 15.8. The quantitative estimate of drug-likeness (QED) is 0.307. The summed E-state index contributed by atoms with van der Waals surface area (Å²) < 4.78 is 13.3. The van der Waals surface area contributed by atoms with E-state index in [0.29, 0.717) is 11.8 Å². The van der Waals surface area contributed by atoms with Gasteiger partial charge in [0, 0.05) is 19.4 Å². The van der Waals surface area contributed by atoms with Crippen LogP contribution in [0.4, 0.5) is 0 Å². The summed E-state index contributed by atoms with van der Waals surface area (Å²) in [5, 5.41) is 0. The van der Waals surface area contributed by atoms with Gasteiger partial charge in [0.25, 0.3) is 0 Å². The molecule has 3 fully saturated rings. The minimum absolute atomic E-state index is 0.0110. The second-order valence-corrected chi connectivity index (χ2v) is 16.6. The Hall–Kier alpha value is -0.523. The number of methoxy groups -OCH3 is 1. The van der Waals surface area contributed by atoms with Crippen molar-refractivity contribution in [2.24, 2.45) is 34.0 Å². The Kier molecular flexibility index (Phi) is 7.55. The van der Waals surface area contributed by atoms with Gasteiger partial charge in [0.15, 0.2) is 8.32 Å². The molecule has 32 heavy (non-hydrogen) atoms. The Morgan fingerprint density at radius 1 is 1.06 bits per heavy atom. The molecule has 0 N–H and O–H groups in total. The molecule has 0 unspecified atom stereocenters. The summed E-state index contributed by atoms with van der Waals surface area (Å²) in [7, 11) is -0.116. The highest BCUT2D eigenvalue weighted by Crippen LogP contribution is 2.68. The van der Waals surface area contributed by atoms with Crippen LogP contribution in [0.5, 0.6) is 0 Å². The zero-order valence-corrected chi connectivity index (χ0v) is 23.0. The van der Waals surface area contributed by atoms with Gasteiger partial charge >= 0.3 is 0 Å². The number of Topliss-reactive ketones (excluding diaryl/α,β-unsaturated/α-hetero) is 1. The standard InChI is InChI=1S/C27H48O4Si/c1-9-32(10-2,11-3)31-22-18-26(7)19(4)12-14-27(15-13-21(30-8)23(26)27)20(5)24(29)25(22,6)16-17-28/h17,19-23H,9-16,18H2,1-8H3/t19-,20+,21-,22+,23+,25+,26-,27+/m1/s1. The second-order valence-electron chi connectivity index (χ2n) is 11.9. The van der Waals surface area contributed by atoms with Crippen molar-refractivity contribution in [3.8, 4) is 0 Å². The molecule has 3 saturated carbocycles. The molecule has 0 aromatic carbocycles. The first kappa shape index (κ1) is 26.1. The number of carbonyl (C=O) groups excluding carboxylic acids is 2. The van der Waals surface area contributed by atoms with Gasteiger partial charge in [-0.3, -0.25) is 4.79 Å². The Morgan fingerprint density at radius 3 is 2.19 bits per heavy atom. The maximum absolute atomic E-state index is 14.3. The lowest BCUT2D eigenvalue weighted by atomic mass is 9.44. The van der Waals surface area contributed by atoms with Crippen LogP contribution >= 0.6 is 0 Å². The minimum atomic E-state index is -1.97. The van der Waals surface area contributed by atoms with E-state index < -0.39 is 13.7 Å². The van der Waals surface area contributed by atoms with Crippen LogP contribution in [-0.4, -0.2) is 39.7 Å². The van der Waals surface area contributed by atoms with Gasteiger partial charge in [0.1, 0.15) is 12.1 Å². The predicted molar refractivity (Wildman–Crippen MR) is 132 cm³/mol. The van der Waals surface area contributed by atoms with Crippen LogP contribution in [0.1, 0.15) is 87.0 Å². The van der Waals surface area contributed by atoms with Gasteiger partial charge in [0.2, 0.25) is 0 Å². The molecule has 184 valence electrons. The molecular formula is C27H48O4Si. The molecule has 0 heterocycles. The third kappa shape index (κ3) is 3.69. The van der Waals surface area contributed by atoms with Crippen molar-refractivity contribution < 1.29 is 18.8 Å². The summed E-state index contributed by atoms with van der Waals surface area (Å²) in [5.41, 5.74) is -0.724. The fourth-order valence-electron chi connectivity index (χ4n) is 8.29. The molecule has 5 heteroatoms. The molecule has 0 aromatic rings. The number of ether oxygens (including phenoxy) is 1. The minimum Gasteiger partial charge on any atom is -0.413 e. The van der Waals surface area contributed by atoms with Gasteiger partial charge in [-0.25, -0.2) is 0 Å². The Bertz CT molecular complexity index is 698. The van der Waals surface area contributed by atoms with E-state index in [-0.39, 0.29) is 41.2 Å². The summed E-state index contributed by atoms with van der Waals surface area (Å²) in [6.07, 6.45) is 6.46. The van der Waals surface area contributed by atoms with Crippen LogP contribution in [0.15, 0.2) is 0 Å². The molecule has 3 aliphatic carbocycles. The molecule has 0 radical (unpaired) electrons. The Labute approximate surface area is 197 Å². The van der Waals surface area contributed by atoms with Gasteiger partial charge in [-0.2, -0.15) is 0 Å². The van der Waals surface area contributed by atoms with Crippen molar-refractivity contribution >= 4 is 20.4 Å². The van der Waals surface area contributed by atoms with Gasteiger partial charge in [-0.05, 0) is 79.8 Å². The predicted octanol–water partition coefficient (Wildman–Crippen LogP) is 6.43. The number of aldehydes is 1. The van der Waals surface area contributed by atoms with Gasteiger partial charge < -0.3 is 14.0 Å². The lowest BCUT2D eigenvalue weighted by Gasteiger charge is -2.61. The third-order valence-electron chi connectivity index (χ3n) is 11.1. The first-order chi connectivity index (χ1) is 15.0. The highest BCUT2D eigenvalue weighted by atomic mass is 28.4. The SMILES string of the molecule is CC[Si](CC)(CC)O[C@H]1C[C@]2(C)[C@H](C)CC[C@]3(CC[C@@H](OC)[C@@H]23)[C@@H](C)C(=O)[C@@]1(C)CC=O. The number of carbonyl (C=O) groups is 2. The van der Waals surface area contributed by atoms with E-state index in [4.69, 9.17) is 9.16 Å². The average Bonchev–Trinajstić information content (AvgIpc) is 3.19. The van der Waals surface area contributed by atoms with E-state index in [1.807, 2.05) is 7.11 Å². The first-order valence-electron chi connectivity index (χ1n) is 13.2. The van der Waals surface area contributed by atoms with Crippen LogP contribution in [0.3, 0.4) is 0 Å². The smallest absolute Gasteiger partial charge is 0.192 e. The molecule has 0 spiro atoms. The Balaban J connectivity index is 2.20. The fraction of sp³-hybridized carbons (Fsp3) is 0.926. The van der Waals surface area contributed by atoms with Crippen molar-refractivity contribution in [1.29, 1.82) is 0 Å². The van der Waals surface area contributed by atoms with Crippen molar-refractivity contribution in [1.82, 2.24) is 0 Å². The normalized spacial score (nSPS) is 44.6. The molecule has 8 atom stereocenters. The summed E-state index contributed by atoms with van der Waals surface area (Å²) in [6, 6.07) is 3.16. The highest BCUT2D eigenvalue weighted by Gasteiger charge is 2.67. The third-order valence-corrected chi connectivity index (χ3v) is 15.7. The van der Waals surface area contributed by atoms with E-state index in [2.05, 4.69) is 48.5 Å². The van der Waals surface area contributed by atoms with Gasteiger partial charge in [-0.15, -0.1) is 0 Å². The van der Waals surface area contributed by atoms with Crippen molar-refractivity contribution in [3.63, 3.8) is 0 Å².